The number of nitrogens with one attached hydrogen (secondary N) is 1. The number of aromatic nitrogens is 1. The van der Waals surface area contributed by atoms with Gasteiger partial charge < -0.3 is 20.5 Å². The molecule has 0 aliphatic heterocycles. The maximum atomic E-state index is 14.3. The van der Waals surface area contributed by atoms with E-state index in [1.165, 1.54) is 19.3 Å². The van der Waals surface area contributed by atoms with Crippen LogP contribution in [-0.2, 0) is 0 Å². The molecule has 0 saturated carbocycles. The van der Waals surface area contributed by atoms with Crippen molar-refractivity contribution in [2.75, 3.05) is 13.7 Å². The number of carbonyl (C=O) groups excluding carboxylic acids is 1. The Morgan fingerprint density at radius 2 is 2.00 bits per heavy atom. The molecule has 6 nitrogen and oxygen atoms in total. The van der Waals surface area contributed by atoms with E-state index in [1.54, 1.807) is 24.3 Å². The first-order valence-electron chi connectivity index (χ1n) is 8.43. The van der Waals surface area contributed by atoms with Gasteiger partial charge in [-0.3, -0.25) is 0 Å². The van der Waals surface area contributed by atoms with Crippen LogP contribution in [0.3, 0.4) is 0 Å². The van der Waals surface area contributed by atoms with Gasteiger partial charge in [-0.25, -0.2) is 14.2 Å². The molecule has 1 heterocycles. The number of rotatable bonds is 7. The molecular formula is C19H24FN3O3. The summed E-state index contributed by atoms with van der Waals surface area (Å²) in [4.78, 5) is 15.2. The third-order valence-corrected chi connectivity index (χ3v) is 3.63. The van der Waals surface area contributed by atoms with Crippen LogP contribution in [-0.4, -0.2) is 30.8 Å². The Labute approximate surface area is 152 Å². The lowest BCUT2D eigenvalue weighted by Crippen LogP contribution is -2.29. The van der Waals surface area contributed by atoms with Gasteiger partial charge in [0.2, 0.25) is 5.88 Å². The largest absolute Gasteiger partial charge is 0.489 e. The average Bonchev–Trinajstić information content (AvgIpc) is 2.60. The molecule has 0 unspecified atom stereocenters. The summed E-state index contributed by atoms with van der Waals surface area (Å²) >= 11 is 0. The molecule has 1 aromatic carbocycles. The van der Waals surface area contributed by atoms with Crippen molar-refractivity contribution < 1.29 is 18.7 Å². The number of benzene rings is 1. The molecule has 0 saturated heterocycles. The highest BCUT2D eigenvalue weighted by Gasteiger charge is 2.11. The minimum atomic E-state index is -0.623. The van der Waals surface area contributed by atoms with E-state index in [-0.39, 0.29) is 24.3 Å². The molecule has 1 atom stereocenters. The zero-order valence-electron chi connectivity index (χ0n) is 15.2. The second-order valence-electron chi connectivity index (χ2n) is 6.37. The highest BCUT2D eigenvalue weighted by molar-refractivity contribution is 5.71. The molecule has 0 aliphatic carbocycles. The van der Waals surface area contributed by atoms with Crippen LogP contribution < -0.4 is 20.5 Å². The van der Waals surface area contributed by atoms with Crippen molar-refractivity contribution in [2.45, 2.75) is 26.3 Å². The standard InChI is InChI=1S/C19H24FN3O3/c1-12(2)8-15(21)11-25-17-5-4-13(9-16(17)20)14-6-7-23-18(10-14)26-19(24)22-3/h4-7,9-10,12,15H,8,11,21H2,1-3H3,(H,22,24)/t15-/m0/s1. The second kappa shape index (κ2) is 9.15. The fourth-order valence-corrected chi connectivity index (χ4v) is 2.46. The summed E-state index contributed by atoms with van der Waals surface area (Å²) in [5.41, 5.74) is 7.24. The van der Waals surface area contributed by atoms with Crippen molar-refractivity contribution >= 4 is 6.09 Å². The normalized spacial score (nSPS) is 11.9. The quantitative estimate of drug-likeness (QED) is 0.790. The summed E-state index contributed by atoms with van der Waals surface area (Å²) in [7, 11) is 1.45. The van der Waals surface area contributed by atoms with E-state index in [2.05, 4.69) is 24.1 Å². The Morgan fingerprint density at radius 3 is 2.65 bits per heavy atom. The Morgan fingerprint density at radius 1 is 1.27 bits per heavy atom. The van der Waals surface area contributed by atoms with Crippen LogP contribution in [0.15, 0.2) is 36.5 Å². The highest BCUT2D eigenvalue weighted by atomic mass is 19.1. The summed E-state index contributed by atoms with van der Waals surface area (Å²) in [6, 6.07) is 7.77. The molecule has 0 spiro atoms. The van der Waals surface area contributed by atoms with Crippen LogP contribution in [0, 0.1) is 11.7 Å². The Bertz CT molecular complexity index is 753. The molecule has 3 N–H and O–H groups in total. The first-order chi connectivity index (χ1) is 12.4. The van der Waals surface area contributed by atoms with E-state index in [0.29, 0.717) is 17.0 Å². The number of pyridine rings is 1. The third kappa shape index (κ3) is 5.70. The fourth-order valence-electron chi connectivity index (χ4n) is 2.46. The van der Waals surface area contributed by atoms with E-state index in [1.807, 2.05) is 0 Å². The summed E-state index contributed by atoms with van der Waals surface area (Å²) in [6.07, 6.45) is 1.67. The molecule has 0 fully saturated rings. The molecule has 7 heteroatoms. The van der Waals surface area contributed by atoms with Gasteiger partial charge in [0.1, 0.15) is 6.61 Å². The van der Waals surface area contributed by atoms with E-state index in [9.17, 15) is 9.18 Å². The van der Waals surface area contributed by atoms with Gasteiger partial charge in [-0.1, -0.05) is 19.9 Å². The summed E-state index contributed by atoms with van der Waals surface area (Å²) in [5.74, 6) is 0.259. The van der Waals surface area contributed by atoms with Crippen LogP contribution in [0.25, 0.3) is 11.1 Å². The maximum Gasteiger partial charge on any atom is 0.413 e. The number of carbonyl (C=O) groups is 1. The summed E-state index contributed by atoms with van der Waals surface area (Å²) in [5, 5.41) is 2.34. The van der Waals surface area contributed by atoms with Crippen LogP contribution in [0.5, 0.6) is 11.6 Å². The number of nitrogens with two attached hydrogens (primary N) is 1. The number of hydrogen-bond acceptors (Lipinski definition) is 5. The average molecular weight is 361 g/mol. The molecular weight excluding hydrogens is 337 g/mol. The van der Waals surface area contributed by atoms with Gasteiger partial charge in [-0.15, -0.1) is 0 Å². The smallest absolute Gasteiger partial charge is 0.413 e. The first-order valence-corrected chi connectivity index (χ1v) is 8.43. The van der Waals surface area contributed by atoms with Crippen molar-refractivity contribution in [3.63, 3.8) is 0 Å². The van der Waals surface area contributed by atoms with E-state index in [0.717, 1.165) is 6.42 Å². The summed E-state index contributed by atoms with van der Waals surface area (Å²) in [6.45, 7) is 4.41. The lowest BCUT2D eigenvalue weighted by Gasteiger charge is -2.15. The van der Waals surface area contributed by atoms with Crippen LogP contribution in [0.2, 0.25) is 0 Å². The predicted octanol–water partition coefficient (Wildman–Crippen LogP) is 3.36. The second-order valence-corrected chi connectivity index (χ2v) is 6.37. The van der Waals surface area contributed by atoms with Gasteiger partial charge in [-0.05, 0) is 41.7 Å². The Balaban J connectivity index is 2.09. The third-order valence-electron chi connectivity index (χ3n) is 3.63. The van der Waals surface area contributed by atoms with Crippen molar-refractivity contribution in [3.8, 4) is 22.8 Å². The monoisotopic (exact) mass is 361 g/mol. The number of nitrogens with zero attached hydrogens (tertiary/aromatic N) is 1. The first kappa shape index (κ1) is 19.7. The van der Waals surface area contributed by atoms with Gasteiger partial charge in [0.25, 0.3) is 0 Å². The Kier molecular flexibility index (Phi) is 6.91. The molecule has 0 aliphatic rings. The maximum absolute atomic E-state index is 14.3. The van der Waals surface area contributed by atoms with E-state index >= 15 is 0 Å². The number of amides is 1. The molecule has 2 rings (SSSR count). The lowest BCUT2D eigenvalue weighted by molar-refractivity contribution is 0.201. The molecule has 26 heavy (non-hydrogen) atoms. The van der Waals surface area contributed by atoms with Crippen molar-refractivity contribution in [2.24, 2.45) is 11.7 Å². The van der Waals surface area contributed by atoms with Crippen molar-refractivity contribution in [1.29, 1.82) is 0 Å². The van der Waals surface area contributed by atoms with Gasteiger partial charge in [0.05, 0.1) is 0 Å². The highest BCUT2D eigenvalue weighted by Crippen LogP contribution is 2.27. The van der Waals surface area contributed by atoms with Gasteiger partial charge in [0.15, 0.2) is 11.6 Å². The molecule has 140 valence electrons. The predicted molar refractivity (Wildman–Crippen MR) is 97.6 cm³/mol. The zero-order chi connectivity index (χ0) is 19.1. The molecule has 0 bridgehead atoms. The van der Waals surface area contributed by atoms with Crippen LogP contribution in [0.1, 0.15) is 20.3 Å². The Hall–Kier alpha value is -2.67. The molecule has 1 amide bonds. The molecule has 0 radical (unpaired) electrons. The van der Waals surface area contributed by atoms with Gasteiger partial charge in [-0.2, -0.15) is 0 Å². The topological polar surface area (TPSA) is 86.5 Å². The number of hydrogen-bond donors (Lipinski definition) is 2. The molecule has 1 aromatic heterocycles. The van der Waals surface area contributed by atoms with Crippen molar-refractivity contribution in [1.82, 2.24) is 10.3 Å². The summed E-state index contributed by atoms with van der Waals surface area (Å²) < 4.78 is 24.8. The number of ether oxygens (including phenoxy) is 2. The minimum Gasteiger partial charge on any atom is -0.489 e. The van der Waals surface area contributed by atoms with Gasteiger partial charge in [0, 0.05) is 25.4 Å². The van der Waals surface area contributed by atoms with E-state index < -0.39 is 11.9 Å². The lowest BCUT2D eigenvalue weighted by atomic mass is 10.1. The SMILES string of the molecule is CNC(=O)Oc1cc(-c2ccc(OC[C@@H](N)CC(C)C)c(F)c2)ccn1. The van der Waals surface area contributed by atoms with Crippen LogP contribution in [0.4, 0.5) is 9.18 Å². The molecule has 2 aromatic rings. The fraction of sp³-hybridized carbons (Fsp3) is 0.368. The van der Waals surface area contributed by atoms with Gasteiger partial charge >= 0.3 is 6.09 Å². The van der Waals surface area contributed by atoms with E-state index in [4.69, 9.17) is 15.2 Å². The van der Waals surface area contributed by atoms with Crippen LogP contribution >= 0.6 is 0 Å². The van der Waals surface area contributed by atoms with Crippen molar-refractivity contribution in [3.05, 3.63) is 42.3 Å². The minimum absolute atomic E-state index is 0.127. The number of halogens is 1. The zero-order valence-corrected chi connectivity index (χ0v) is 15.2.